The molecule has 2 heterocycles. The highest BCUT2D eigenvalue weighted by molar-refractivity contribution is 8.01. The van der Waals surface area contributed by atoms with Crippen molar-refractivity contribution in [3.8, 4) is 0 Å². The Balaban J connectivity index is 1.40. The standard InChI is InChI=1S/C24H21N3OS/c28-24(22-15-17-10-4-7-13-21(17)29-22)27-20(14-16-8-2-1-3-9-16)23-25-18-11-5-6-12-19(18)26-23/h1-13,20,22H,14-15H2,(H,25,26)(H,27,28)/t20-,22?/m0/s1. The lowest BCUT2D eigenvalue weighted by Gasteiger charge is -2.19. The second-order valence-corrected chi connectivity index (χ2v) is 8.55. The van der Waals surface area contributed by atoms with E-state index < -0.39 is 0 Å². The van der Waals surface area contributed by atoms with Crippen LogP contribution in [-0.4, -0.2) is 21.1 Å². The second-order valence-electron chi connectivity index (χ2n) is 7.31. The number of aromatic amines is 1. The minimum atomic E-state index is -0.207. The SMILES string of the molecule is O=C(N[C@@H](Cc1ccccc1)c1nc2ccccc2[nH]1)C1Cc2ccccc2S1. The van der Waals surface area contributed by atoms with Crippen molar-refractivity contribution in [1.29, 1.82) is 0 Å². The molecule has 4 nitrogen and oxygen atoms in total. The number of thioether (sulfide) groups is 1. The molecule has 1 aromatic heterocycles. The predicted octanol–water partition coefficient (Wildman–Crippen LogP) is 4.68. The third-order valence-electron chi connectivity index (χ3n) is 5.28. The summed E-state index contributed by atoms with van der Waals surface area (Å²) < 4.78 is 0. The number of carbonyl (C=O) groups is 1. The molecule has 1 amide bonds. The fourth-order valence-corrected chi connectivity index (χ4v) is 5.00. The first-order valence-corrected chi connectivity index (χ1v) is 10.7. The molecule has 0 fully saturated rings. The second kappa shape index (κ2) is 7.76. The van der Waals surface area contributed by atoms with E-state index in [2.05, 4.69) is 34.6 Å². The van der Waals surface area contributed by atoms with E-state index in [1.807, 2.05) is 54.6 Å². The topological polar surface area (TPSA) is 57.8 Å². The van der Waals surface area contributed by atoms with Gasteiger partial charge in [0.1, 0.15) is 5.82 Å². The van der Waals surface area contributed by atoms with Crippen molar-refractivity contribution in [3.63, 3.8) is 0 Å². The van der Waals surface area contributed by atoms with E-state index in [1.54, 1.807) is 11.8 Å². The van der Waals surface area contributed by atoms with Gasteiger partial charge in [0.2, 0.25) is 5.91 Å². The summed E-state index contributed by atoms with van der Waals surface area (Å²) in [6.07, 6.45) is 1.46. The Labute approximate surface area is 173 Å². The van der Waals surface area contributed by atoms with Crippen LogP contribution in [0.3, 0.4) is 0 Å². The van der Waals surface area contributed by atoms with Crippen molar-refractivity contribution in [1.82, 2.24) is 15.3 Å². The highest BCUT2D eigenvalue weighted by Gasteiger charge is 2.30. The lowest BCUT2D eigenvalue weighted by atomic mass is 10.0. The number of imidazole rings is 1. The summed E-state index contributed by atoms with van der Waals surface area (Å²) in [5.74, 6) is 0.858. The molecule has 1 aliphatic rings. The summed E-state index contributed by atoms with van der Waals surface area (Å²) in [6.45, 7) is 0. The van der Waals surface area contributed by atoms with Crippen LogP contribution in [-0.2, 0) is 17.6 Å². The van der Waals surface area contributed by atoms with Crippen molar-refractivity contribution in [3.05, 3.63) is 95.8 Å². The van der Waals surface area contributed by atoms with E-state index >= 15 is 0 Å². The van der Waals surface area contributed by atoms with Gasteiger partial charge in [-0.3, -0.25) is 4.79 Å². The first-order valence-electron chi connectivity index (χ1n) is 9.80. The molecule has 2 atom stereocenters. The highest BCUT2D eigenvalue weighted by Crippen LogP contribution is 2.37. The first kappa shape index (κ1) is 18.0. The van der Waals surface area contributed by atoms with Gasteiger partial charge in [0.15, 0.2) is 0 Å². The average molecular weight is 400 g/mol. The number of rotatable bonds is 5. The molecule has 5 heteroatoms. The molecule has 0 bridgehead atoms. The maximum Gasteiger partial charge on any atom is 0.234 e. The van der Waals surface area contributed by atoms with Gasteiger partial charge in [-0.2, -0.15) is 0 Å². The van der Waals surface area contributed by atoms with Crippen LogP contribution in [0.15, 0.2) is 83.8 Å². The number of H-pyrrole nitrogens is 1. The molecular formula is C24H21N3OS. The molecule has 3 aromatic carbocycles. The fraction of sp³-hybridized carbons (Fsp3) is 0.167. The largest absolute Gasteiger partial charge is 0.345 e. The van der Waals surface area contributed by atoms with Gasteiger partial charge in [-0.1, -0.05) is 60.7 Å². The van der Waals surface area contributed by atoms with E-state index in [1.165, 1.54) is 16.0 Å². The summed E-state index contributed by atoms with van der Waals surface area (Å²) in [6, 6.07) is 26.2. The third kappa shape index (κ3) is 3.78. The number of para-hydroxylation sites is 2. The number of benzene rings is 3. The van der Waals surface area contributed by atoms with Crippen LogP contribution in [0.4, 0.5) is 0 Å². The van der Waals surface area contributed by atoms with E-state index in [0.717, 1.165) is 23.3 Å². The molecular weight excluding hydrogens is 378 g/mol. The van der Waals surface area contributed by atoms with Crippen LogP contribution >= 0.6 is 11.8 Å². The van der Waals surface area contributed by atoms with Crippen molar-refractivity contribution < 1.29 is 4.79 Å². The number of carbonyl (C=O) groups excluding carboxylic acids is 1. The molecule has 0 saturated carbocycles. The Kier molecular flexibility index (Phi) is 4.82. The average Bonchev–Trinajstić information content (AvgIpc) is 3.38. The summed E-state index contributed by atoms with van der Waals surface area (Å²) in [5.41, 5.74) is 4.32. The van der Waals surface area contributed by atoms with Gasteiger partial charge in [0.05, 0.1) is 22.3 Å². The maximum atomic E-state index is 13.1. The van der Waals surface area contributed by atoms with E-state index in [-0.39, 0.29) is 17.2 Å². The molecule has 1 unspecified atom stereocenters. The molecule has 4 aromatic rings. The van der Waals surface area contributed by atoms with E-state index in [9.17, 15) is 4.79 Å². The van der Waals surface area contributed by atoms with E-state index in [4.69, 9.17) is 4.98 Å². The lowest BCUT2D eigenvalue weighted by Crippen LogP contribution is -2.37. The summed E-state index contributed by atoms with van der Waals surface area (Å²) in [7, 11) is 0. The van der Waals surface area contributed by atoms with Gasteiger partial charge in [-0.05, 0) is 42.2 Å². The fourth-order valence-electron chi connectivity index (χ4n) is 3.80. The number of aromatic nitrogens is 2. The van der Waals surface area contributed by atoms with Crippen LogP contribution in [0.2, 0.25) is 0 Å². The number of fused-ring (bicyclic) bond motifs is 2. The normalized spacial score (nSPS) is 16.5. The molecule has 0 aliphatic carbocycles. The number of amides is 1. The number of nitrogens with one attached hydrogen (secondary N) is 2. The molecule has 0 saturated heterocycles. The maximum absolute atomic E-state index is 13.1. The molecule has 0 radical (unpaired) electrons. The van der Waals surface area contributed by atoms with Crippen molar-refractivity contribution in [2.24, 2.45) is 0 Å². The Morgan fingerprint density at radius 2 is 1.79 bits per heavy atom. The highest BCUT2D eigenvalue weighted by atomic mass is 32.2. The van der Waals surface area contributed by atoms with Gasteiger partial charge in [-0.25, -0.2) is 4.98 Å². The monoisotopic (exact) mass is 399 g/mol. The van der Waals surface area contributed by atoms with Crippen LogP contribution in [0, 0.1) is 0 Å². The third-order valence-corrected chi connectivity index (χ3v) is 6.59. The molecule has 144 valence electrons. The minimum Gasteiger partial charge on any atom is -0.345 e. The zero-order valence-electron chi connectivity index (χ0n) is 15.8. The Morgan fingerprint density at radius 3 is 2.62 bits per heavy atom. The zero-order chi connectivity index (χ0) is 19.6. The van der Waals surface area contributed by atoms with Gasteiger partial charge in [0.25, 0.3) is 0 Å². The van der Waals surface area contributed by atoms with E-state index in [0.29, 0.717) is 6.42 Å². The number of hydrogen-bond acceptors (Lipinski definition) is 3. The lowest BCUT2D eigenvalue weighted by molar-refractivity contribution is -0.121. The molecule has 0 spiro atoms. The molecule has 5 rings (SSSR count). The molecule has 2 N–H and O–H groups in total. The van der Waals surface area contributed by atoms with Gasteiger partial charge in [0, 0.05) is 4.90 Å². The summed E-state index contributed by atoms with van der Waals surface area (Å²) in [5, 5.41) is 3.16. The first-order chi connectivity index (χ1) is 14.3. The molecule has 29 heavy (non-hydrogen) atoms. The minimum absolute atomic E-state index is 0.0626. The van der Waals surface area contributed by atoms with Crippen LogP contribution in [0.25, 0.3) is 11.0 Å². The van der Waals surface area contributed by atoms with Crippen molar-refractivity contribution in [2.75, 3.05) is 0 Å². The summed E-state index contributed by atoms with van der Waals surface area (Å²) in [4.78, 5) is 22.5. The van der Waals surface area contributed by atoms with Gasteiger partial charge in [-0.15, -0.1) is 11.8 Å². The Morgan fingerprint density at radius 1 is 1.03 bits per heavy atom. The van der Waals surface area contributed by atoms with Gasteiger partial charge >= 0.3 is 0 Å². The smallest absolute Gasteiger partial charge is 0.234 e. The van der Waals surface area contributed by atoms with Crippen LogP contribution in [0.1, 0.15) is 23.0 Å². The summed E-state index contributed by atoms with van der Waals surface area (Å²) >= 11 is 1.65. The Bertz CT molecular complexity index is 1100. The van der Waals surface area contributed by atoms with Crippen LogP contribution in [0.5, 0.6) is 0 Å². The van der Waals surface area contributed by atoms with Crippen LogP contribution < -0.4 is 5.32 Å². The number of nitrogens with zero attached hydrogens (tertiary/aromatic N) is 1. The number of hydrogen-bond donors (Lipinski definition) is 2. The van der Waals surface area contributed by atoms with Crippen molar-refractivity contribution in [2.45, 2.75) is 29.0 Å². The predicted molar refractivity (Wildman–Crippen MR) is 117 cm³/mol. The van der Waals surface area contributed by atoms with Crippen molar-refractivity contribution >= 4 is 28.7 Å². The quantitative estimate of drug-likeness (QED) is 0.512. The van der Waals surface area contributed by atoms with Gasteiger partial charge < -0.3 is 10.3 Å². The zero-order valence-corrected chi connectivity index (χ0v) is 16.7. The Hall–Kier alpha value is -3.05. The molecule has 1 aliphatic heterocycles.